The number of ether oxygens (including phenoxy) is 1. The number of benzene rings is 3. The average molecular weight is 459 g/mol. The smallest absolute Gasteiger partial charge is 0.415 e. The van der Waals surface area contributed by atoms with Gasteiger partial charge < -0.3 is 20.1 Å². The first-order chi connectivity index (χ1) is 15.8. The largest absolute Gasteiger partial charge is 0.457 e. The first kappa shape index (κ1) is 24.6. The number of hydrogen-bond acceptors (Lipinski definition) is 4. The number of anilines is 1. The number of nitrogens with zero attached hydrogens (tertiary/aromatic N) is 1. The number of aliphatic hydroxyl groups excluding tert-OH is 1. The fraction of sp³-hybridized carbons (Fsp3) is 0.308. The van der Waals surface area contributed by atoms with E-state index in [1.165, 1.54) is 0 Å². The van der Waals surface area contributed by atoms with Gasteiger partial charge in [-0.15, -0.1) is 0 Å². The van der Waals surface area contributed by atoms with Gasteiger partial charge >= 0.3 is 6.18 Å². The molecule has 2 unspecified atom stereocenters. The first-order valence-corrected chi connectivity index (χ1v) is 11.0. The molecule has 4 nitrogen and oxygen atoms in total. The molecule has 3 aromatic rings. The van der Waals surface area contributed by atoms with E-state index in [-0.39, 0.29) is 0 Å². The van der Waals surface area contributed by atoms with Crippen molar-refractivity contribution in [2.24, 2.45) is 0 Å². The topological polar surface area (TPSA) is 44.7 Å². The Labute approximate surface area is 192 Å². The van der Waals surface area contributed by atoms with Crippen LogP contribution < -0.4 is 15.0 Å². The molecule has 176 valence electrons. The number of nitrogens with one attached hydrogen (secondary N) is 1. The number of rotatable bonds is 10. The summed E-state index contributed by atoms with van der Waals surface area (Å²) < 4.78 is 44.6. The normalized spacial score (nSPS) is 13.4. The molecule has 3 rings (SSSR count). The van der Waals surface area contributed by atoms with Gasteiger partial charge in [0.15, 0.2) is 6.10 Å². The average Bonchev–Trinajstić information content (AvgIpc) is 2.81. The van der Waals surface area contributed by atoms with Gasteiger partial charge in [0.2, 0.25) is 0 Å². The van der Waals surface area contributed by atoms with Crippen LogP contribution in [0.15, 0.2) is 78.9 Å². The van der Waals surface area contributed by atoms with Crippen molar-refractivity contribution < 1.29 is 23.0 Å². The molecule has 2 N–H and O–H groups in total. The first-order valence-electron chi connectivity index (χ1n) is 11.0. The third kappa shape index (κ3) is 6.73. The quantitative estimate of drug-likeness (QED) is 0.395. The lowest BCUT2D eigenvalue weighted by molar-refractivity contribution is -0.202. The predicted molar refractivity (Wildman–Crippen MR) is 125 cm³/mol. The van der Waals surface area contributed by atoms with Crippen molar-refractivity contribution in [2.45, 2.75) is 32.2 Å². The molecule has 0 aromatic heterocycles. The molecule has 0 aliphatic heterocycles. The molecule has 0 bridgehead atoms. The van der Waals surface area contributed by atoms with Crippen LogP contribution in [0.2, 0.25) is 0 Å². The second-order valence-electron chi connectivity index (χ2n) is 7.65. The van der Waals surface area contributed by atoms with Gasteiger partial charge in [-0.2, -0.15) is 13.2 Å². The van der Waals surface area contributed by atoms with Crippen LogP contribution >= 0.6 is 0 Å². The molecule has 33 heavy (non-hydrogen) atoms. The molecule has 0 fully saturated rings. The van der Waals surface area contributed by atoms with Crippen molar-refractivity contribution in [3.63, 3.8) is 0 Å². The van der Waals surface area contributed by atoms with E-state index < -0.39 is 24.9 Å². The van der Waals surface area contributed by atoms with Gasteiger partial charge in [0.05, 0.1) is 6.04 Å². The van der Waals surface area contributed by atoms with E-state index in [9.17, 15) is 18.3 Å². The van der Waals surface area contributed by atoms with Crippen LogP contribution in [-0.2, 0) is 0 Å². The Kier molecular flexibility index (Phi) is 8.36. The molecule has 0 saturated carbocycles. The van der Waals surface area contributed by atoms with Gasteiger partial charge in [-0.05, 0) is 61.4 Å². The van der Waals surface area contributed by atoms with Crippen molar-refractivity contribution in [3.8, 4) is 11.5 Å². The van der Waals surface area contributed by atoms with Crippen LogP contribution in [0.5, 0.6) is 11.5 Å². The minimum absolute atomic E-state index is 0.563. The maximum atomic E-state index is 12.9. The maximum absolute atomic E-state index is 12.9. The summed E-state index contributed by atoms with van der Waals surface area (Å²) >= 11 is 0. The zero-order chi connectivity index (χ0) is 23.8. The van der Waals surface area contributed by atoms with E-state index in [1.54, 1.807) is 18.2 Å². The Balaban J connectivity index is 1.89. The van der Waals surface area contributed by atoms with E-state index in [2.05, 4.69) is 24.1 Å². The molecule has 2 atom stereocenters. The lowest BCUT2D eigenvalue weighted by Crippen LogP contribution is -2.40. The third-order valence-corrected chi connectivity index (χ3v) is 5.42. The predicted octanol–water partition coefficient (Wildman–Crippen LogP) is 5.93. The zero-order valence-electron chi connectivity index (χ0n) is 18.7. The van der Waals surface area contributed by atoms with Gasteiger partial charge in [-0.25, -0.2) is 0 Å². The zero-order valence-corrected chi connectivity index (χ0v) is 18.7. The summed E-state index contributed by atoms with van der Waals surface area (Å²) in [6.07, 6.45) is -7.15. The molecule has 0 amide bonds. The van der Waals surface area contributed by atoms with Crippen molar-refractivity contribution in [1.29, 1.82) is 0 Å². The summed E-state index contributed by atoms with van der Waals surface area (Å²) in [6.45, 7) is 5.22. The maximum Gasteiger partial charge on any atom is 0.415 e. The number of para-hydroxylation sites is 1. The van der Waals surface area contributed by atoms with Crippen molar-refractivity contribution in [3.05, 3.63) is 90.0 Å². The highest BCUT2D eigenvalue weighted by molar-refractivity contribution is 5.49. The lowest BCUT2D eigenvalue weighted by Gasteiger charge is -2.25. The Bertz CT molecular complexity index is 990. The molecule has 0 radical (unpaired) electrons. The second-order valence-corrected chi connectivity index (χ2v) is 7.65. The SMILES string of the molecule is CCN(CC)c1ccc(C(NCC(O)C(F)(F)F)c2cccc(Oc3ccccc3)c2)cc1. The number of alkyl halides is 3. The van der Waals surface area contributed by atoms with E-state index in [1.807, 2.05) is 60.7 Å². The van der Waals surface area contributed by atoms with Crippen LogP contribution in [0.1, 0.15) is 31.0 Å². The molecular formula is C26H29F3N2O2. The summed E-state index contributed by atoms with van der Waals surface area (Å²) in [7, 11) is 0. The van der Waals surface area contributed by atoms with Crippen LogP contribution in [0, 0.1) is 0 Å². The Morgan fingerprint density at radius 3 is 2.09 bits per heavy atom. The molecule has 0 aliphatic carbocycles. The van der Waals surface area contributed by atoms with Gasteiger partial charge in [-0.3, -0.25) is 0 Å². The van der Waals surface area contributed by atoms with Gasteiger partial charge in [0, 0.05) is 25.3 Å². The molecular weight excluding hydrogens is 429 g/mol. The highest BCUT2D eigenvalue weighted by atomic mass is 19.4. The summed E-state index contributed by atoms with van der Waals surface area (Å²) in [5.74, 6) is 1.23. The van der Waals surface area contributed by atoms with Crippen LogP contribution in [0.3, 0.4) is 0 Å². The third-order valence-electron chi connectivity index (χ3n) is 5.42. The minimum atomic E-state index is -4.69. The summed E-state index contributed by atoms with van der Waals surface area (Å²) in [6, 6.07) is 23.6. The van der Waals surface area contributed by atoms with Crippen LogP contribution in [-0.4, -0.2) is 37.0 Å². The molecule has 0 spiro atoms. The number of hydrogen-bond donors (Lipinski definition) is 2. The minimum Gasteiger partial charge on any atom is -0.457 e. The number of aliphatic hydroxyl groups is 1. The molecule has 7 heteroatoms. The summed E-state index contributed by atoms with van der Waals surface area (Å²) in [4.78, 5) is 2.19. The van der Waals surface area contributed by atoms with Gasteiger partial charge in [-0.1, -0.05) is 42.5 Å². The summed E-state index contributed by atoms with van der Waals surface area (Å²) in [5.41, 5.74) is 2.56. The highest BCUT2D eigenvalue weighted by Crippen LogP contribution is 2.30. The Morgan fingerprint density at radius 1 is 0.848 bits per heavy atom. The fourth-order valence-corrected chi connectivity index (χ4v) is 3.62. The van der Waals surface area contributed by atoms with Gasteiger partial charge in [0.25, 0.3) is 0 Å². The monoisotopic (exact) mass is 458 g/mol. The van der Waals surface area contributed by atoms with Crippen LogP contribution in [0.25, 0.3) is 0 Å². The van der Waals surface area contributed by atoms with Crippen LogP contribution in [0.4, 0.5) is 18.9 Å². The molecule has 0 heterocycles. The Morgan fingerprint density at radius 2 is 1.48 bits per heavy atom. The number of halogens is 3. The van der Waals surface area contributed by atoms with Crippen molar-refractivity contribution in [1.82, 2.24) is 5.32 Å². The molecule has 0 aliphatic rings. The fourth-order valence-electron chi connectivity index (χ4n) is 3.62. The summed E-state index contributed by atoms with van der Waals surface area (Å²) in [5, 5.41) is 12.4. The van der Waals surface area contributed by atoms with E-state index in [0.29, 0.717) is 11.5 Å². The highest BCUT2D eigenvalue weighted by Gasteiger charge is 2.38. The van der Waals surface area contributed by atoms with E-state index in [4.69, 9.17) is 4.74 Å². The van der Waals surface area contributed by atoms with Crippen molar-refractivity contribution in [2.75, 3.05) is 24.5 Å². The van der Waals surface area contributed by atoms with E-state index >= 15 is 0 Å². The van der Waals surface area contributed by atoms with E-state index in [0.717, 1.165) is 29.9 Å². The molecule has 3 aromatic carbocycles. The lowest BCUT2D eigenvalue weighted by atomic mass is 9.97. The molecule has 0 saturated heterocycles. The standard InChI is InChI=1S/C26H29F3N2O2/c1-3-31(4-2)21-15-13-19(14-16-21)25(30-18-24(32)26(27,28)29)20-9-8-12-23(17-20)33-22-10-6-5-7-11-22/h5-17,24-25,30,32H,3-4,18H2,1-2H3. The Hall–Kier alpha value is -3.03. The van der Waals surface area contributed by atoms with Gasteiger partial charge in [0.1, 0.15) is 11.5 Å². The second kappa shape index (κ2) is 11.2. The van der Waals surface area contributed by atoms with Crippen molar-refractivity contribution >= 4 is 5.69 Å².